The number of amides is 2. The van der Waals surface area contributed by atoms with E-state index in [1.807, 2.05) is 30.3 Å². The minimum Gasteiger partial charge on any atom is -0.444 e. The molecule has 1 fully saturated rings. The summed E-state index contributed by atoms with van der Waals surface area (Å²) in [5.74, 6) is -1.04. The Hall–Kier alpha value is -3.95. The Kier molecular flexibility index (Phi) is 8.29. The van der Waals surface area contributed by atoms with Crippen LogP contribution in [-0.4, -0.2) is 42.4 Å². The largest absolute Gasteiger partial charge is 0.444 e. The molecule has 36 heavy (non-hydrogen) atoms. The summed E-state index contributed by atoms with van der Waals surface area (Å²) in [4.78, 5) is 25.7. The van der Waals surface area contributed by atoms with Gasteiger partial charge in [-0.2, -0.15) is 10.5 Å². The first-order chi connectivity index (χ1) is 17.0. The van der Waals surface area contributed by atoms with Crippen LogP contribution in [0.15, 0.2) is 42.5 Å². The molecule has 0 bridgehead atoms. The Morgan fingerprint density at radius 1 is 1.11 bits per heavy atom. The van der Waals surface area contributed by atoms with Gasteiger partial charge in [0.15, 0.2) is 0 Å². The molecule has 2 amide bonds. The lowest BCUT2D eigenvalue weighted by atomic mass is 9.88. The highest BCUT2D eigenvalue weighted by Gasteiger charge is 2.43. The number of carbonyl (C=O) groups excluding carboxylic acids is 2. The number of rotatable bonds is 6. The molecular formula is C27H29FN4O4. The van der Waals surface area contributed by atoms with E-state index in [0.29, 0.717) is 18.8 Å². The molecule has 0 spiro atoms. The maximum absolute atomic E-state index is 13.6. The van der Waals surface area contributed by atoms with Crippen molar-refractivity contribution in [2.45, 2.75) is 57.2 Å². The van der Waals surface area contributed by atoms with Crippen LogP contribution in [0.5, 0.6) is 0 Å². The van der Waals surface area contributed by atoms with E-state index >= 15 is 0 Å². The average molecular weight is 493 g/mol. The van der Waals surface area contributed by atoms with Crippen molar-refractivity contribution in [3.05, 3.63) is 59.4 Å². The van der Waals surface area contributed by atoms with Crippen molar-refractivity contribution in [1.82, 2.24) is 10.6 Å². The molecule has 1 aliphatic rings. The van der Waals surface area contributed by atoms with Crippen LogP contribution in [0, 0.1) is 28.5 Å². The maximum atomic E-state index is 13.6. The zero-order valence-corrected chi connectivity index (χ0v) is 20.6. The van der Waals surface area contributed by atoms with Crippen LogP contribution in [0.1, 0.15) is 44.7 Å². The summed E-state index contributed by atoms with van der Waals surface area (Å²) in [5.41, 5.74) is 0.286. The number of hydrogen-bond donors (Lipinski definition) is 2. The van der Waals surface area contributed by atoms with Crippen molar-refractivity contribution >= 4 is 12.0 Å². The van der Waals surface area contributed by atoms with E-state index in [1.54, 1.807) is 26.8 Å². The van der Waals surface area contributed by atoms with Gasteiger partial charge in [0, 0.05) is 32.5 Å². The van der Waals surface area contributed by atoms with Crippen LogP contribution in [0.2, 0.25) is 0 Å². The first-order valence-electron chi connectivity index (χ1n) is 11.6. The van der Waals surface area contributed by atoms with E-state index in [0.717, 1.165) is 11.1 Å². The van der Waals surface area contributed by atoms with Gasteiger partial charge in [-0.25, -0.2) is 9.18 Å². The highest BCUT2D eigenvalue weighted by molar-refractivity contribution is 5.90. The van der Waals surface area contributed by atoms with Gasteiger partial charge in [0.1, 0.15) is 29.1 Å². The lowest BCUT2D eigenvalue weighted by Crippen LogP contribution is -2.63. The highest BCUT2D eigenvalue weighted by atomic mass is 19.1. The standard InChI is InChI=1S/C27H29FN4O4/c1-26(2,3)36-25(34)32-27(10-12-35-13-11-27)24(33)31-22(17-30)14-18-4-6-19(7-5-18)20-8-9-23(28)21(15-20)16-29/h4-9,15,22H,10-14H2,1-3H3,(H,31,33)(H,32,34). The van der Waals surface area contributed by atoms with E-state index in [9.17, 15) is 19.2 Å². The molecule has 0 radical (unpaired) electrons. The normalized spacial score (nSPS) is 15.6. The molecule has 188 valence electrons. The quantitative estimate of drug-likeness (QED) is 0.628. The Morgan fingerprint density at radius 3 is 2.33 bits per heavy atom. The molecule has 2 aromatic carbocycles. The molecule has 2 aromatic rings. The fourth-order valence-electron chi connectivity index (χ4n) is 3.91. The van der Waals surface area contributed by atoms with Crippen LogP contribution in [0.4, 0.5) is 9.18 Å². The third-order valence-electron chi connectivity index (χ3n) is 5.80. The number of carbonyl (C=O) groups is 2. The molecule has 0 saturated carbocycles. The zero-order chi connectivity index (χ0) is 26.3. The predicted molar refractivity (Wildman–Crippen MR) is 130 cm³/mol. The molecular weight excluding hydrogens is 463 g/mol. The average Bonchev–Trinajstić information content (AvgIpc) is 2.83. The first-order valence-corrected chi connectivity index (χ1v) is 11.6. The van der Waals surface area contributed by atoms with Gasteiger partial charge in [0.2, 0.25) is 5.91 Å². The topological polar surface area (TPSA) is 124 Å². The van der Waals surface area contributed by atoms with Crippen LogP contribution in [0.25, 0.3) is 11.1 Å². The Balaban J connectivity index is 1.70. The molecule has 1 unspecified atom stereocenters. The molecule has 8 nitrogen and oxygen atoms in total. The van der Waals surface area contributed by atoms with E-state index in [2.05, 4.69) is 16.7 Å². The lowest BCUT2D eigenvalue weighted by Gasteiger charge is -2.37. The molecule has 2 N–H and O–H groups in total. The van der Waals surface area contributed by atoms with Gasteiger partial charge in [-0.1, -0.05) is 30.3 Å². The van der Waals surface area contributed by atoms with Crippen molar-refractivity contribution in [2.24, 2.45) is 0 Å². The van der Waals surface area contributed by atoms with Gasteiger partial charge in [0.05, 0.1) is 11.6 Å². The van der Waals surface area contributed by atoms with Gasteiger partial charge in [0.25, 0.3) is 0 Å². The minimum atomic E-state index is -1.24. The van der Waals surface area contributed by atoms with Crippen LogP contribution >= 0.6 is 0 Å². The van der Waals surface area contributed by atoms with Crippen molar-refractivity contribution in [3.63, 3.8) is 0 Å². The first kappa shape index (κ1) is 26.7. The van der Waals surface area contributed by atoms with Crippen LogP contribution in [-0.2, 0) is 20.7 Å². The van der Waals surface area contributed by atoms with Gasteiger partial charge in [-0.15, -0.1) is 0 Å². The molecule has 1 aliphatic heterocycles. The maximum Gasteiger partial charge on any atom is 0.408 e. The van der Waals surface area contributed by atoms with Crippen molar-refractivity contribution < 1.29 is 23.5 Å². The Bertz CT molecular complexity index is 1190. The number of alkyl carbamates (subject to hydrolysis) is 1. The van der Waals surface area contributed by atoms with Crippen LogP contribution in [0.3, 0.4) is 0 Å². The number of ether oxygens (including phenoxy) is 2. The summed E-state index contributed by atoms with van der Waals surface area (Å²) in [6.07, 6.45) is 0.0542. The van der Waals surface area contributed by atoms with Crippen LogP contribution < -0.4 is 10.6 Å². The van der Waals surface area contributed by atoms with E-state index in [4.69, 9.17) is 14.7 Å². The van der Waals surface area contributed by atoms with Crippen molar-refractivity contribution in [2.75, 3.05) is 13.2 Å². The molecule has 1 saturated heterocycles. The molecule has 1 atom stereocenters. The monoisotopic (exact) mass is 492 g/mol. The van der Waals surface area contributed by atoms with E-state index in [1.165, 1.54) is 12.1 Å². The molecule has 3 rings (SSSR count). The molecule has 1 heterocycles. The second-order valence-corrected chi connectivity index (χ2v) is 9.68. The Labute approximate surface area is 210 Å². The summed E-state index contributed by atoms with van der Waals surface area (Å²) >= 11 is 0. The summed E-state index contributed by atoms with van der Waals surface area (Å²) in [6, 6.07) is 14.7. The summed E-state index contributed by atoms with van der Waals surface area (Å²) in [7, 11) is 0. The number of nitrogens with zero attached hydrogens (tertiary/aromatic N) is 2. The molecule has 0 aromatic heterocycles. The SMILES string of the molecule is CC(C)(C)OC(=O)NC1(C(=O)NC(C#N)Cc2ccc(-c3ccc(F)c(C#N)c3)cc2)CCOCC1. The third-order valence-corrected chi connectivity index (χ3v) is 5.80. The van der Waals surface area contributed by atoms with E-state index in [-0.39, 0.29) is 24.8 Å². The number of nitriles is 2. The van der Waals surface area contributed by atoms with Gasteiger partial charge in [-0.3, -0.25) is 4.79 Å². The zero-order valence-electron chi connectivity index (χ0n) is 20.6. The minimum absolute atomic E-state index is 0.0362. The molecule has 9 heteroatoms. The smallest absolute Gasteiger partial charge is 0.408 e. The summed E-state index contributed by atoms with van der Waals surface area (Å²) in [5, 5.41) is 24.2. The number of halogens is 1. The summed E-state index contributed by atoms with van der Waals surface area (Å²) in [6.45, 7) is 5.79. The third kappa shape index (κ3) is 6.80. The predicted octanol–water partition coefficient (Wildman–Crippen LogP) is 3.99. The number of benzene rings is 2. The summed E-state index contributed by atoms with van der Waals surface area (Å²) < 4.78 is 24.3. The second-order valence-electron chi connectivity index (χ2n) is 9.68. The van der Waals surface area contributed by atoms with Crippen molar-refractivity contribution in [1.29, 1.82) is 10.5 Å². The van der Waals surface area contributed by atoms with E-state index < -0.39 is 35.0 Å². The second kappa shape index (κ2) is 11.2. The van der Waals surface area contributed by atoms with Gasteiger partial charge in [-0.05, 0) is 49.6 Å². The van der Waals surface area contributed by atoms with Gasteiger partial charge < -0.3 is 20.1 Å². The number of hydrogen-bond acceptors (Lipinski definition) is 6. The fourth-order valence-corrected chi connectivity index (χ4v) is 3.91. The number of nitrogens with one attached hydrogen (secondary N) is 2. The fraction of sp³-hybridized carbons (Fsp3) is 0.407. The van der Waals surface area contributed by atoms with Gasteiger partial charge >= 0.3 is 6.09 Å². The Morgan fingerprint density at radius 2 is 1.75 bits per heavy atom. The molecule has 0 aliphatic carbocycles. The van der Waals surface area contributed by atoms with Crippen molar-refractivity contribution in [3.8, 4) is 23.3 Å². The lowest BCUT2D eigenvalue weighted by molar-refractivity contribution is -0.132. The highest BCUT2D eigenvalue weighted by Crippen LogP contribution is 2.24.